The minimum atomic E-state index is 0.414. The Morgan fingerprint density at radius 2 is 2.00 bits per heavy atom. The fraction of sp³-hybridized carbons (Fsp3) is 0.467. The molecule has 86 valence electrons. The molecule has 0 saturated carbocycles. The predicted molar refractivity (Wildman–Crippen MR) is 67.5 cm³/mol. The Hall–Kier alpha value is -1.08. The summed E-state index contributed by atoms with van der Waals surface area (Å²) in [7, 11) is 0. The summed E-state index contributed by atoms with van der Waals surface area (Å²) < 4.78 is 5.85. The summed E-state index contributed by atoms with van der Waals surface area (Å²) in [6, 6.07) is 10.7. The highest BCUT2D eigenvalue weighted by Crippen LogP contribution is 2.13. The van der Waals surface area contributed by atoms with Crippen molar-refractivity contribution in [3.63, 3.8) is 0 Å². The van der Waals surface area contributed by atoms with Crippen molar-refractivity contribution in [1.82, 2.24) is 0 Å². The van der Waals surface area contributed by atoms with Crippen molar-refractivity contribution in [3.8, 4) is 0 Å². The number of benzene rings is 1. The summed E-state index contributed by atoms with van der Waals surface area (Å²) in [4.78, 5) is 0. The van der Waals surface area contributed by atoms with E-state index in [4.69, 9.17) is 4.74 Å². The van der Waals surface area contributed by atoms with Crippen LogP contribution in [-0.2, 0) is 11.2 Å². The van der Waals surface area contributed by atoms with E-state index in [1.807, 2.05) is 0 Å². The van der Waals surface area contributed by atoms with E-state index >= 15 is 0 Å². The molecular weight excluding hydrogens is 196 g/mol. The van der Waals surface area contributed by atoms with Gasteiger partial charge in [0.2, 0.25) is 0 Å². The van der Waals surface area contributed by atoms with Crippen LogP contribution in [0.15, 0.2) is 42.5 Å². The van der Waals surface area contributed by atoms with Gasteiger partial charge in [0.15, 0.2) is 0 Å². The van der Waals surface area contributed by atoms with E-state index in [1.165, 1.54) is 18.4 Å². The number of aryl methyl sites for hydroxylation is 1. The molecule has 0 N–H and O–H groups in total. The summed E-state index contributed by atoms with van der Waals surface area (Å²) >= 11 is 0. The van der Waals surface area contributed by atoms with Crippen LogP contribution in [0, 0.1) is 0 Å². The van der Waals surface area contributed by atoms with Gasteiger partial charge >= 0.3 is 0 Å². The molecule has 1 nitrogen and oxygen atoms in total. The van der Waals surface area contributed by atoms with Gasteiger partial charge in [-0.2, -0.15) is 0 Å². The Morgan fingerprint density at radius 1 is 1.12 bits per heavy atom. The van der Waals surface area contributed by atoms with Gasteiger partial charge in [-0.1, -0.05) is 42.5 Å². The smallest absolute Gasteiger partial charge is 0.0612 e. The van der Waals surface area contributed by atoms with Crippen LogP contribution in [0.25, 0.3) is 0 Å². The van der Waals surface area contributed by atoms with Crippen LogP contribution in [0.3, 0.4) is 0 Å². The quantitative estimate of drug-likeness (QED) is 0.699. The molecule has 1 heterocycles. The van der Waals surface area contributed by atoms with Crippen molar-refractivity contribution >= 4 is 0 Å². The Labute approximate surface area is 98.1 Å². The second-order valence-electron chi connectivity index (χ2n) is 4.37. The number of ether oxygens (including phenoxy) is 1. The third-order valence-corrected chi connectivity index (χ3v) is 3.03. The van der Waals surface area contributed by atoms with Gasteiger partial charge in [0.25, 0.3) is 0 Å². The molecule has 1 heteroatoms. The Kier molecular flexibility index (Phi) is 4.63. The highest BCUT2D eigenvalue weighted by molar-refractivity contribution is 5.14. The van der Waals surface area contributed by atoms with E-state index < -0.39 is 0 Å². The van der Waals surface area contributed by atoms with Crippen LogP contribution in [0.1, 0.15) is 31.2 Å². The van der Waals surface area contributed by atoms with Crippen LogP contribution in [0.2, 0.25) is 0 Å². The first-order valence-electron chi connectivity index (χ1n) is 6.25. The highest BCUT2D eigenvalue weighted by atomic mass is 16.5. The summed E-state index contributed by atoms with van der Waals surface area (Å²) in [6.07, 6.45) is 10.6. The molecule has 0 aromatic heterocycles. The Bertz CT molecular complexity index is 315. The third-order valence-electron chi connectivity index (χ3n) is 3.03. The lowest BCUT2D eigenvalue weighted by Gasteiger charge is -2.18. The molecule has 1 aliphatic heterocycles. The lowest BCUT2D eigenvalue weighted by atomic mass is 10.0. The molecule has 0 saturated heterocycles. The standard InChI is InChI=1S/C15H20O/c1-2-7-13-16-15(10-6-1)12-11-14-8-4-3-5-9-14/h1,3-6,8-9,15H,2,7,10-13H2/b6-1-/t15-/m0/s1. The van der Waals surface area contributed by atoms with Crippen molar-refractivity contribution in [2.75, 3.05) is 6.61 Å². The van der Waals surface area contributed by atoms with E-state index in [9.17, 15) is 0 Å². The van der Waals surface area contributed by atoms with Gasteiger partial charge in [-0.25, -0.2) is 0 Å². The molecule has 0 fully saturated rings. The average Bonchev–Trinajstić information content (AvgIpc) is 2.29. The highest BCUT2D eigenvalue weighted by Gasteiger charge is 2.08. The third kappa shape index (κ3) is 3.82. The van der Waals surface area contributed by atoms with E-state index in [0.29, 0.717) is 6.10 Å². The zero-order valence-electron chi connectivity index (χ0n) is 9.77. The van der Waals surface area contributed by atoms with E-state index in [0.717, 1.165) is 25.9 Å². The molecule has 0 spiro atoms. The predicted octanol–water partition coefficient (Wildman–Crippen LogP) is 3.74. The Balaban J connectivity index is 1.80. The number of hydrogen-bond acceptors (Lipinski definition) is 1. The van der Waals surface area contributed by atoms with E-state index in [1.54, 1.807) is 0 Å². The monoisotopic (exact) mass is 216 g/mol. The Morgan fingerprint density at radius 3 is 2.88 bits per heavy atom. The van der Waals surface area contributed by atoms with Gasteiger partial charge < -0.3 is 4.74 Å². The molecule has 16 heavy (non-hydrogen) atoms. The van der Waals surface area contributed by atoms with Crippen molar-refractivity contribution in [1.29, 1.82) is 0 Å². The zero-order valence-corrected chi connectivity index (χ0v) is 9.77. The SMILES string of the molecule is C1=C\C[C@@H](CCc2ccccc2)OCCC/1. The summed E-state index contributed by atoms with van der Waals surface area (Å²) in [6.45, 7) is 0.920. The lowest BCUT2D eigenvalue weighted by Crippen LogP contribution is -2.15. The largest absolute Gasteiger partial charge is 0.378 e. The number of hydrogen-bond donors (Lipinski definition) is 0. The fourth-order valence-electron chi connectivity index (χ4n) is 2.06. The van der Waals surface area contributed by atoms with Gasteiger partial charge in [-0.3, -0.25) is 0 Å². The molecule has 0 bridgehead atoms. The first kappa shape index (κ1) is 11.4. The first-order valence-corrected chi connectivity index (χ1v) is 6.25. The lowest BCUT2D eigenvalue weighted by molar-refractivity contribution is 0.0466. The average molecular weight is 216 g/mol. The van der Waals surface area contributed by atoms with Gasteiger partial charge in [0, 0.05) is 6.61 Å². The van der Waals surface area contributed by atoms with Crippen LogP contribution >= 0.6 is 0 Å². The minimum absolute atomic E-state index is 0.414. The molecule has 0 aliphatic carbocycles. The van der Waals surface area contributed by atoms with Crippen LogP contribution in [0.4, 0.5) is 0 Å². The molecular formula is C15H20O. The second kappa shape index (κ2) is 6.49. The maximum absolute atomic E-state index is 5.85. The number of allylic oxidation sites excluding steroid dienone is 1. The fourth-order valence-corrected chi connectivity index (χ4v) is 2.06. The molecule has 1 aromatic carbocycles. The van der Waals surface area contributed by atoms with Crippen molar-refractivity contribution < 1.29 is 4.74 Å². The normalized spacial score (nSPS) is 23.4. The first-order chi connectivity index (χ1) is 7.95. The molecule has 0 amide bonds. The summed E-state index contributed by atoms with van der Waals surface area (Å²) in [5, 5.41) is 0. The van der Waals surface area contributed by atoms with Crippen molar-refractivity contribution in [3.05, 3.63) is 48.0 Å². The van der Waals surface area contributed by atoms with Gasteiger partial charge in [-0.05, 0) is 37.7 Å². The van der Waals surface area contributed by atoms with E-state index in [-0.39, 0.29) is 0 Å². The van der Waals surface area contributed by atoms with Crippen molar-refractivity contribution in [2.24, 2.45) is 0 Å². The summed E-state index contributed by atoms with van der Waals surface area (Å²) in [5.41, 5.74) is 1.41. The molecule has 2 rings (SSSR count). The summed E-state index contributed by atoms with van der Waals surface area (Å²) in [5.74, 6) is 0. The van der Waals surface area contributed by atoms with Crippen LogP contribution < -0.4 is 0 Å². The molecule has 1 aliphatic rings. The van der Waals surface area contributed by atoms with Gasteiger partial charge in [-0.15, -0.1) is 0 Å². The maximum Gasteiger partial charge on any atom is 0.0612 e. The molecule has 1 aromatic rings. The molecule has 0 unspecified atom stereocenters. The van der Waals surface area contributed by atoms with Gasteiger partial charge in [0.05, 0.1) is 6.10 Å². The van der Waals surface area contributed by atoms with E-state index in [2.05, 4.69) is 42.5 Å². The molecule has 0 radical (unpaired) electrons. The topological polar surface area (TPSA) is 9.23 Å². The minimum Gasteiger partial charge on any atom is -0.378 e. The maximum atomic E-state index is 5.85. The van der Waals surface area contributed by atoms with Crippen LogP contribution in [-0.4, -0.2) is 12.7 Å². The van der Waals surface area contributed by atoms with Crippen molar-refractivity contribution in [2.45, 2.75) is 38.2 Å². The number of rotatable bonds is 3. The zero-order chi connectivity index (χ0) is 11.1. The second-order valence-corrected chi connectivity index (χ2v) is 4.37. The van der Waals surface area contributed by atoms with Crippen LogP contribution in [0.5, 0.6) is 0 Å². The van der Waals surface area contributed by atoms with Gasteiger partial charge in [0.1, 0.15) is 0 Å². The molecule has 1 atom stereocenters.